The zero-order chi connectivity index (χ0) is 17.6. The number of nitrogen functional groups attached to an aromatic ring is 1. The van der Waals surface area contributed by atoms with Crippen molar-refractivity contribution in [3.63, 3.8) is 0 Å². The molecule has 25 heavy (non-hydrogen) atoms. The van der Waals surface area contributed by atoms with Gasteiger partial charge in [-0.1, -0.05) is 0 Å². The standard InChI is InChI=1S/C13H16N5O6P/c14-9-8-10(16-4-15-9)18(5-17-8)7-3-12(19)1-6-2-13(6,11(12)23-7)24-25(20,21)22/h4-7,11,19H,1-3H2,(H2,14,15,16)(H2,20,21,22)/t6-,7-,11+,12+,13-/m1/s1. The highest BCUT2D eigenvalue weighted by Crippen LogP contribution is 2.70. The summed E-state index contributed by atoms with van der Waals surface area (Å²) in [5.74, 6) is 0.123. The molecule has 3 aliphatic rings. The normalized spacial score (nSPS) is 39.6. The van der Waals surface area contributed by atoms with Crippen LogP contribution in [0.1, 0.15) is 25.5 Å². The van der Waals surface area contributed by atoms with Crippen molar-refractivity contribution in [2.45, 2.75) is 42.8 Å². The summed E-state index contributed by atoms with van der Waals surface area (Å²) in [4.78, 5) is 30.6. The molecule has 0 bridgehead atoms. The maximum absolute atomic E-state index is 11.3. The summed E-state index contributed by atoms with van der Waals surface area (Å²) in [6, 6.07) is 0. The Labute approximate surface area is 141 Å². The number of aromatic nitrogens is 4. The van der Waals surface area contributed by atoms with Gasteiger partial charge in [-0.25, -0.2) is 19.5 Å². The minimum absolute atomic E-state index is 0.117. The average Bonchev–Trinajstić information content (AvgIpc) is 2.85. The van der Waals surface area contributed by atoms with Crippen LogP contribution in [-0.2, 0) is 13.8 Å². The molecular weight excluding hydrogens is 353 g/mol. The Morgan fingerprint density at radius 3 is 2.88 bits per heavy atom. The van der Waals surface area contributed by atoms with Crippen molar-refractivity contribution >= 4 is 24.8 Å². The van der Waals surface area contributed by atoms with Gasteiger partial charge in [-0.15, -0.1) is 0 Å². The monoisotopic (exact) mass is 369 g/mol. The maximum atomic E-state index is 11.3. The highest BCUT2D eigenvalue weighted by molar-refractivity contribution is 7.46. The number of anilines is 1. The van der Waals surface area contributed by atoms with Crippen molar-refractivity contribution < 1.29 is 28.7 Å². The van der Waals surface area contributed by atoms with E-state index in [-0.39, 0.29) is 18.2 Å². The lowest BCUT2D eigenvalue weighted by Gasteiger charge is -2.28. The summed E-state index contributed by atoms with van der Waals surface area (Å²) in [5.41, 5.74) is 4.34. The lowest BCUT2D eigenvalue weighted by Crippen LogP contribution is -2.43. The summed E-state index contributed by atoms with van der Waals surface area (Å²) in [6.45, 7) is 0. The Balaban J connectivity index is 1.49. The van der Waals surface area contributed by atoms with E-state index in [1.807, 2.05) is 0 Å². The predicted octanol–water partition coefficient (Wildman–Crippen LogP) is -0.301. The number of ether oxygens (including phenoxy) is 1. The van der Waals surface area contributed by atoms with Gasteiger partial charge in [0.15, 0.2) is 11.5 Å². The number of fused-ring (bicyclic) bond motifs is 4. The number of hydrogen-bond donors (Lipinski definition) is 4. The van der Waals surface area contributed by atoms with Gasteiger partial charge in [0.1, 0.15) is 29.8 Å². The van der Waals surface area contributed by atoms with Crippen LogP contribution in [0.2, 0.25) is 0 Å². The molecule has 5 N–H and O–H groups in total. The van der Waals surface area contributed by atoms with Gasteiger partial charge in [-0.3, -0.25) is 9.09 Å². The fourth-order valence-corrected chi connectivity index (χ4v) is 5.21. The highest BCUT2D eigenvalue weighted by atomic mass is 31.2. The SMILES string of the molecule is Nc1ncnc2c1ncn2[C@H]1C[C@@]2(O)C[C@@H]3C[C@]3(OP(=O)(O)O)[C@H]2O1. The first-order chi connectivity index (χ1) is 11.7. The van der Waals surface area contributed by atoms with Crippen LogP contribution in [0.3, 0.4) is 0 Å². The summed E-state index contributed by atoms with van der Waals surface area (Å²) < 4.78 is 24.0. The van der Waals surface area contributed by atoms with Crippen LogP contribution in [-0.4, -0.2) is 51.7 Å². The number of rotatable bonds is 3. The molecule has 3 heterocycles. The van der Waals surface area contributed by atoms with Crippen LogP contribution >= 0.6 is 7.82 Å². The minimum Gasteiger partial charge on any atom is -0.387 e. The number of hydrogen-bond acceptors (Lipinski definition) is 8. The fourth-order valence-electron chi connectivity index (χ4n) is 4.45. The summed E-state index contributed by atoms with van der Waals surface area (Å²) in [6.07, 6.45) is 2.49. The second-order valence-electron chi connectivity index (χ2n) is 7.00. The van der Waals surface area contributed by atoms with Crippen LogP contribution in [0.4, 0.5) is 5.82 Å². The van der Waals surface area contributed by atoms with Gasteiger partial charge < -0.3 is 25.4 Å². The Kier molecular flexibility index (Phi) is 2.85. The van der Waals surface area contributed by atoms with E-state index >= 15 is 0 Å². The topological polar surface area (TPSA) is 166 Å². The number of phosphoric acid groups is 1. The van der Waals surface area contributed by atoms with E-state index in [0.29, 0.717) is 24.0 Å². The van der Waals surface area contributed by atoms with Crippen LogP contribution in [0.5, 0.6) is 0 Å². The van der Waals surface area contributed by atoms with E-state index in [0.717, 1.165) is 0 Å². The third kappa shape index (κ3) is 2.11. The number of phosphoric ester groups is 1. The van der Waals surface area contributed by atoms with Crippen molar-refractivity contribution in [3.8, 4) is 0 Å². The molecule has 0 spiro atoms. The molecule has 11 nitrogen and oxygen atoms in total. The van der Waals surface area contributed by atoms with Crippen LogP contribution < -0.4 is 5.73 Å². The largest absolute Gasteiger partial charge is 0.470 e. The van der Waals surface area contributed by atoms with Crippen molar-refractivity contribution in [2.75, 3.05) is 5.73 Å². The molecule has 2 aromatic rings. The molecule has 2 saturated carbocycles. The summed E-state index contributed by atoms with van der Waals surface area (Å²) in [5, 5.41) is 10.9. The first kappa shape index (κ1) is 15.6. The molecule has 0 amide bonds. The zero-order valence-corrected chi connectivity index (χ0v) is 13.8. The van der Waals surface area contributed by atoms with Gasteiger partial charge in [0.05, 0.1) is 11.9 Å². The van der Waals surface area contributed by atoms with Crippen LogP contribution in [0.25, 0.3) is 11.2 Å². The molecule has 0 aromatic carbocycles. The number of nitrogens with zero attached hydrogens (tertiary/aromatic N) is 4. The van der Waals surface area contributed by atoms with E-state index in [1.54, 1.807) is 4.57 Å². The van der Waals surface area contributed by atoms with E-state index in [2.05, 4.69) is 15.0 Å². The third-order valence-electron chi connectivity index (χ3n) is 5.44. The van der Waals surface area contributed by atoms with Gasteiger partial charge >= 0.3 is 7.82 Å². The molecule has 12 heteroatoms. The number of nitrogens with two attached hydrogens (primary N) is 1. The Morgan fingerprint density at radius 1 is 1.32 bits per heavy atom. The Hall–Kier alpha value is -1.62. The van der Waals surface area contributed by atoms with Gasteiger partial charge in [0.2, 0.25) is 0 Å². The quantitative estimate of drug-likeness (QED) is 0.527. The van der Waals surface area contributed by atoms with Gasteiger partial charge in [-0.2, -0.15) is 0 Å². The minimum atomic E-state index is -4.69. The second-order valence-corrected chi connectivity index (χ2v) is 8.17. The number of aliphatic hydroxyl groups is 1. The summed E-state index contributed by atoms with van der Waals surface area (Å²) >= 11 is 0. The Bertz CT molecular complexity index is 931. The van der Waals surface area contributed by atoms with Gasteiger partial charge in [0.25, 0.3) is 0 Å². The van der Waals surface area contributed by atoms with Crippen molar-refractivity contribution in [2.24, 2.45) is 5.92 Å². The van der Waals surface area contributed by atoms with Crippen LogP contribution in [0, 0.1) is 5.92 Å². The molecule has 134 valence electrons. The molecule has 1 aliphatic heterocycles. The molecule has 0 radical (unpaired) electrons. The van der Waals surface area contributed by atoms with Crippen molar-refractivity contribution in [1.82, 2.24) is 19.5 Å². The molecule has 0 unspecified atom stereocenters. The second kappa shape index (κ2) is 4.56. The molecule has 1 saturated heterocycles. The van der Waals surface area contributed by atoms with Crippen molar-refractivity contribution in [1.29, 1.82) is 0 Å². The zero-order valence-electron chi connectivity index (χ0n) is 12.9. The molecule has 5 rings (SSSR count). The van der Waals surface area contributed by atoms with E-state index < -0.39 is 31.4 Å². The number of imidazole rings is 1. The Morgan fingerprint density at radius 2 is 2.12 bits per heavy atom. The first-order valence-electron chi connectivity index (χ1n) is 7.79. The smallest absolute Gasteiger partial charge is 0.387 e. The lowest BCUT2D eigenvalue weighted by atomic mass is 9.92. The molecular formula is C13H16N5O6P. The van der Waals surface area contributed by atoms with Gasteiger partial charge in [-0.05, 0) is 18.8 Å². The molecule has 2 aromatic heterocycles. The summed E-state index contributed by atoms with van der Waals surface area (Å²) in [7, 11) is -4.69. The van der Waals surface area contributed by atoms with E-state index in [1.165, 1.54) is 12.7 Å². The van der Waals surface area contributed by atoms with E-state index in [4.69, 9.17) is 15.0 Å². The maximum Gasteiger partial charge on any atom is 0.470 e. The van der Waals surface area contributed by atoms with Crippen LogP contribution in [0.15, 0.2) is 12.7 Å². The highest BCUT2D eigenvalue weighted by Gasteiger charge is 2.78. The third-order valence-corrected chi connectivity index (χ3v) is 6.01. The van der Waals surface area contributed by atoms with Gasteiger partial charge in [0, 0.05) is 6.42 Å². The lowest BCUT2D eigenvalue weighted by molar-refractivity contribution is -0.103. The van der Waals surface area contributed by atoms with Crippen molar-refractivity contribution in [3.05, 3.63) is 12.7 Å². The molecule has 5 atom stereocenters. The van der Waals surface area contributed by atoms with E-state index in [9.17, 15) is 19.5 Å². The fraction of sp³-hybridized carbons (Fsp3) is 0.615. The average molecular weight is 369 g/mol. The molecule has 2 aliphatic carbocycles. The first-order valence-corrected chi connectivity index (χ1v) is 9.32. The predicted molar refractivity (Wildman–Crippen MR) is 81.8 cm³/mol. The molecule has 3 fully saturated rings.